The minimum atomic E-state index is -0.901. The summed E-state index contributed by atoms with van der Waals surface area (Å²) >= 11 is 0. The van der Waals surface area contributed by atoms with Crippen LogP contribution in [0.2, 0.25) is 0 Å². The molecule has 0 unspecified atom stereocenters. The van der Waals surface area contributed by atoms with Gasteiger partial charge in [-0.15, -0.1) is 0 Å². The van der Waals surface area contributed by atoms with E-state index in [1.165, 1.54) is 11.1 Å². The van der Waals surface area contributed by atoms with Gasteiger partial charge in [0.25, 0.3) is 0 Å². The monoisotopic (exact) mass is 255 g/mol. The predicted octanol–water partition coefficient (Wildman–Crippen LogP) is 3.56. The number of rotatable bonds is 5. The topological polar surface area (TPSA) is 49.3 Å². The summed E-state index contributed by atoms with van der Waals surface area (Å²) in [4.78, 5) is 10.7. The van der Waals surface area contributed by atoms with Crippen LogP contribution in [-0.4, -0.2) is 11.1 Å². The molecule has 0 bridgehead atoms. The first kappa shape index (κ1) is 13.1. The predicted molar refractivity (Wildman–Crippen MR) is 76.5 cm³/mol. The van der Waals surface area contributed by atoms with Gasteiger partial charge in [0.15, 0.2) is 0 Å². The minimum Gasteiger partial charge on any atom is -0.478 e. The van der Waals surface area contributed by atoms with Gasteiger partial charge in [0.2, 0.25) is 0 Å². The summed E-state index contributed by atoms with van der Waals surface area (Å²) in [6, 6.07) is 15.2. The zero-order chi connectivity index (χ0) is 13.7. The van der Waals surface area contributed by atoms with E-state index in [9.17, 15) is 4.79 Å². The highest BCUT2D eigenvalue weighted by atomic mass is 16.4. The van der Waals surface area contributed by atoms with Crippen LogP contribution in [0, 0.1) is 0 Å². The number of aryl methyl sites for hydroxylation is 1. The van der Waals surface area contributed by atoms with Crippen LogP contribution >= 0.6 is 0 Å². The summed E-state index contributed by atoms with van der Waals surface area (Å²) in [5.41, 5.74) is 3.76. The van der Waals surface area contributed by atoms with E-state index in [0.717, 1.165) is 18.7 Å². The molecule has 0 saturated heterocycles. The summed E-state index contributed by atoms with van der Waals surface area (Å²) in [6.07, 6.45) is 1.05. The molecule has 2 N–H and O–H groups in total. The van der Waals surface area contributed by atoms with Crippen LogP contribution in [0.3, 0.4) is 0 Å². The first-order valence-electron chi connectivity index (χ1n) is 6.34. The van der Waals surface area contributed by atoms with Crippen LogP contribution in [0.5, 0.6) is 0 Å². The lowest BCUT2D eigenvalue weighted by Gasteiger charge is -2.07. The molecule has 0 saturated carbocycles. The van der Waals surface area contributed by atoms with Crippen LogP contribution in [0.4, 0.5) is 5.69 Å². The largest absolute Gasteiger partial charge is 0.478 e. The molecule has 3 heteroatoms. The second kappa shape index (κ2) is 6.05. The SMILES string of the molecule is CCc1ccc(CNc2ccc(C(=O)O)cc2)cc1. The van der Waals surface area contributed by atoms with Crippen molar-refractivity contribution < 1.29 is 9.90 Å². The van der Waals surface area contributed by atoms with Gasteiger partial charge in [-0.2, -0.15) is 0 Å². The number of carbonyl (C=O) groups is 1. The molecule has 2 rings (SSSR count). The fourth-order valence-electron chi connectivity index (χ4n) is 1.83. The standard InChI is InChI=1S/C16H17NO2/c1-2-12-3-5-13(6-4-12)11-17-15-9-7-14(8-10-15)16(18)19/h3-10,17H,2,11H2,1H3,(H,18,19). The van der Waals surface area contributed by atoms with Crippen LogP contribution in [0.25, 0.3) is 0 Å². The smallest absolute Gasteiger partial charge is 0.335 e. The Morgan fingerprint density at radius 3 is 2.11 bits per heavy atom. The van der Waals surface area contributed by atoms with E-state index in [-0.39, 0.29) is 0 Å². The van der Waals surface area contributed by atoms with E-state index in [2.05, 4.69) is 36.5 Å². The summed E-state index contributed by atoms with van der Waals surface area (Å²) in [7, 11) is 0. The van der Waals surface area contributed by atoms with Crippen molar-refractivity contribution in [2.24, 2.45) is 0 Å². The molecule has 0 aliphatic carbocycles. The van der Waals surface area contributed by atoms with Crippen molar-refractivity contribution in [1.82, 2.24) is 0 Å². The van der Waals surface area contributed by atoms with Crippen molar-refractivity contribution in [3.63, 3.8) is 0 Å². The van der Waals surface area contributed by atoms with Gasteiger partial charge in [-0.3, -0.25) is 0 Å². The molecule has 0 radical (unpaired) electrons. The van der Waals surface area contributed by atoms with Gasteiger partial charge in [-0.05, 0) is 41.8 Å². The molecular formula is C16H17NO2. The highest BCUT2D eigenvalue weighted by Crippen LogP contribution is 2.12. The van der Waals surface area contributed by atoms with Gasteiger partial charge < -0.3 is 10.4 Å². The van der Waals surface area contributed by atoms with Gasteiger partial charge in [0, 0.05) is 12.2 Å². The quantitative estimate of drug-likeness (QED) is 0.858. The molecule has 3 nitrogen and oxygen atoms in total. The van der Waals surface area contributed by atoms with Crippen molar-refractivity contribution in [1.29, 1.82) is 0 Å². The summed E-state index contributed by atoms with van der Waals surface area (Å²) < 4.78 is 0. The van der Waals surface area contributed by atoms with Crippen molar-refractivity contribution in [3.8, 4) is 0 Å². The lowest BCUT2D eigenvalue weighted by molar-refractivity contribution is 0.0697. The molecule has 0 aliphatic heterocycles. The zero-order valence-electron chi connectivity index (χ0n) is 10.9. The summed E-state index contributed by atoms with van der Waals surface area (Å²) in [5.74, 6) is -0.901. The van der Waals surface area contributed by atoms with Crippen LogP contribution < -0.4 is 5.32 Å². The number of nitrogens with one attached hydrogen (secondary N) is 1. The Labute approximate surface area is 112 Å². The van der Waals surface area contributed by atoms with E-state index in [1.54, 1.807) is 24.3 Å². The third kappa shape index (κ3) is 3.58. The number of carboxylic acids is 1. The molecule has 19 heavy (non-hydrogen) atoms. The molecule has 2 aromatic carbocycles. The molecule has 0 aromatic heterocycles. The Hall–Kier alpha value is -2.29. The van der Waals surface area contributed by atoms with Crippen LogP contribution in [-0.2, 0) is 13.0 Å². The average Bonchev–Trinajstić information content (AvgIpc) is 2.46. The van der Waals surface area contributed by atoms with Gasteiger partial charge in [-0.25, -0.2) is 4.79 Å². The van der Waals surface area contributed by atoms with Crippen molar-refractivity contribution in [2.75, 3.05) is 5.32 Å². The summed E-state index contributed by atoms with van der Waals surface area (Å²) in [5, 5.41) is 12.1. The maximum atomic E-state index is 10.7. The number of benzene rings is 2. The maximum Gasteiger partial charge on any atom is 0.335 e. The molecule has 0 aliphatic rings. The Bertz CT molecular complexity index is 544. The van der Waals surface area contributed by atoms with E-state index in [1.807, 2.05) is 0 Å². The minimum absolute atomic E-state index is 0.304. The lowest BCUT2D eigenvalue weighted by atomic mass is 10.1. The second-order valence-corrected chi connectivity index (χ2v) is 4.41. The molecule has 0 heterocycles. The first-order valence-corrected chi connectivity index (χ1v) is 6.34. The third-order valence-corrected chi connectivity index (χ3v) is 3.06. The Balaban J connectivity index is 1.95. The van der Waals surface area contributed by atoms with E-state index < -0.39 is 5.97 Å². The van der Waals surface area contributed by atoms with Crippen LogP contribution in [0.15, 0.2) is 48.5 Å². The molecule has 0 amide bonds. The molecular weight excluding hydrogens is 238 g/mol. The molecule has 0 fully saturated rings. The fraction of sp³-hybridized carbons (Fsp3) is 0.188. The van der Waals surface area contributed by atoms with Gasteiger partial charge >= 0.3 is 5.97 Å². The molecule has 98 valence electrons. The Morgan fingerprint density at radius 2 is 1.58 bits per heavy atom. The summed E-state index contributed by atoms with van der Waals surface area (Å²) in [6.45, 7) is 2.87. The highest BCUT2D eigenvalue weighted by molar-refractivity contribution is 5.87. The maximum absolute atomic E-state index is 10.7. The van der Waals surface area contributed by atoms with Crippen molar-refractivity contribution in [3.05, 3.63) is 65.2 Å². The van der Waals surface area contributed by atoms with Crippen molar-refractivity contribution >= 4 is 11.7 Å². The van der Waals surface area contributed by atoms with Crippen LogP contribution in [0.1, 0.15) is 28.4 Å². The highest BCUT2D eigenvalue weighted by Gasteiger charge is 2.01. The normalized spacial score (nSPS) is 10.2. The van der Waals surface area contributed by atoms with Gasteiger partial charge in [0.05, 0.1) is 5.56 Å². The third-order valence-electron chi connectivity index (χ3n) is 3.06. The number of hydrogen-bond donors (Lipinski definition) is 2. The van der Waals surface area contributed by atoms with E-state index in [4.69, 9.17) is 5.11 Å². The number of hydrogen-bond acceptors (Lipinski definition) is 2. The van der Waals surface area contributed by atoms with Gasteiger partial charge in [0.1, 0.15) is 0 Å². The van der Waals surface area contributed by atoms with Crippen molar-refractivity contribution in [2.45, 2.75) is 19.9 Å². The number of anilines is 1. The molecule has 0 atom stereocenters. The average molecular weight is 255 g/mol. The zero-order valence-corrected chi connectivity index (χ0v) is 10.9. The second-order valence-electron chi connectivity index (χ2n) is 4.41. The Kier molecular flexibility index (Phi) is 4.18. The number of aromatic carboxylic acids is 1. The Morgan fingerprint density at radius 1 is 1.00 bits per heavy atom. The molecule has 0 spiro atoms. The number of carboxylic acid groups (broad SMARTS) is 1. The van der Waals surface area contributed by atoms with Gasteiger partial charge in [-0.1, -0.05) is 31.2 Å². The lowest BCUT2D eigenvalue weighted by Crippen LogP contribution is -2.01. The fourth-order valence-corrected chi connectivity index (χ4v) is 1.83. The molecule has 2 aromatic rings. The van der Waals surface area contributed by atoms with E-state index >= 15 is 0 Å². The first-order chi connectivity index (χ1) is 9.19. The van der Waals surface area contributed by atoms with E-state index in [0.29, 0.717) is 5.56 Å².